The van der Waals surface area contributed by atoms with Crippen molar-refractivity contribution in [3.63, 3.8) is 0 Å². The molecule has 4 rings (SSSR count). The smallest absolute Gasteiger partial charge is 0.341 e. The average molecular weight is 612 g/mol. The first-order valence-electron chi connectivity index (χ1n) is 13.1. The largest absolute Gasteiger partial charge is 0.492 e. The highest BCUT2D eigenvalue weighted by Crippen LogP contribution is 2.38. The molecule has 0 aliphatic heterocycles. The van der Waals surface area contributed by atoms with E-state index in [2.05, 4.69) is 15.5 Å². The van der Waals surface area contributed by atoms with E-state index in [4.69, 9.17) is 32.7 Å². The summed E-state index contributed by atoms with van der Waals surface area (Å²) in [5.41, 5.74) is 1.56. The molecule has 1 N–H and O–H groups in total. The summed E-state index contributed by atoms with van der Waals surface area (Å²) < 4.78 is 13.1. The molecule has 0 fully saturated rings. The number of hydrogen-bond donors (Lipinski definition) is 1. The van der Waals surface area contributed by atoms with Crippen molar-refractivity contribution in [3.05, 3.63) is 50.1 Å². The number of carbonyl (C=O) groups is 2. The van der Waals surface area contributed by atoms with Crippen LogP contribution >= 0.6 is 46.3 Å². The van der Waals surface area contributed by atoms with Crippen molar-refractivity contribution in [1.29, 1.82) is 0 Å². The van der Waals surface area contributed by atoms with Crippen LogP contribution in [-0.4, -0.2) is 45.6 Å². The molecule has 0 unspecified atom stereocenters. The monoisotopic (exact) mass is 610 g/mol. The quantitative estimate of drug-likeness (QED) is 0.104. The molecule has 2 heterocycles. The Morgan fingerprint density at radius 3 is 2.74 bits per heavy atom. The maximum absolute atomic E-state index is 12.9. The first-order valence-corrected chi connectivity index (χ1v) is 15.7. The Labute approximate surface area is 246 Å². The van der Waals surface area contributed by atoms with Crippen molar-refractivity contribution in [3.8, 4) is 5.75 Å². The van der Waals surface area contributed by atoms with E-state index in [0.717, 1.165) is 49.9 Å². The van der Waals surface area contributed by atoms with Gasteiger partial charge in [-0.3, -0.25) is 4.79 Å². The summed E-state index contributed by atoms with van der Waals surface area (Å²) in [6.07, 6.45) is 6.43. The molecule has 0 radical (unpaired) electrons. The SMILES string of the molecule is CCOC(=O)c1c(NC(=O)CSc2nnc(CCCOc3ccc(Cl)cc3Cl)n2CC)sc2c1CCCCC2. The molecule has 0 bridgehead atoms. The topological polar surface area (TPSA) is 95.3 Å². The number of nitrogens with one attached hydrogen (secondary N) is 1. The fraction of sp³-hybridized carbons (Fsp3) is 0.481. The van der Waals surface area contributed by atoms with Gasteiger partial charge < -0.3 is 19.4 Å². The van der Waals surface area contributed by atoms with E-state index in [1.54, 1.807) is 25.1 Å². The number of aromatic nitrogens is 3. The van der Waals surface area contributed by atoms with Gasteiger partial charge in [0.25, 0.3) is 0 Å². The van der Waals surface area contributed by atoms with Gasteiger partial charge in [-0.05, 0) is 69.7 Å². The van der Waals surface area contributed by atoms with E-state index in [0.29, 0.717) is 57.7 Å². The lowest BCUT2D eigenvalue weighted by Gasteiger charge is -2.10. The Morgan fingerprint density at radius 2 is 1.97 bits per heavy atom. The summed E-state index contributed by atoms with van der Waals surface area (Å²) in [6.45, 7) is 5.25. The molecule has 0 spiro atoms. The Bertz CT molecular complexity index is 1310. The number of carbonyl (C=O) groups excluding carboxylic acids is 2. The van der Waals surface area contributed by atoms with Crippen LogP contribution < -0.4 is 10.1 Å². The minimum atomic E-state index is -0.363. The van der Waals surface area contributed by atoms with E-state index in [1.807, 2.05) is 11.5 Å². The molecule has 1 aliphatic carbocycles. The second-order valence-electron chi connectivity index (χ2n) is 9.00. The number of halogens is 2. The Kier molecular flexibility index (Phi) is 11.0. The van der Waals surface area contributed by atoms with Crippen molar-refractivity contribution in [2.24, 2.45) is 0 Å². The minimum absolute atomic E-state index is 0.154. The second kappa shape index (κ2) is 14.4. The van der Waals surface area contributed by atoms with Gasteiger partial charge in [0, 0.05) is 22.9 Å². The zero-order valence-corrected chi connectivity index (χ0v) is 25.2. The van der Waals surface area contributed by atoms with Gasteiger partial charge in [-0.1, -0.05) is 41.4 Å². The highest BCUT2D eigenvalue weighted by molar-refractivity contribution is 7.99. The molecule has 210 valence electrons. The van der Waals surface area contributed by atoms with Gasteiger partial charge in [0.05, 0.1) is 29.6 Å². The van der Waals surface area contributed by atoms with Crippen LogP contribution in [-0.2, 0) is 35.3 Å². The fourth-order valence-electron chi connectivity index (χ4n) is 4.48. The lowest BCUT2D eigenvalue weighted by Crippen LogP contribution is -2.17. The van der Waals surface area contributed by atoms with E-state index < -0.39 is 0 Å². The minimum Gasteiger partial charge on any atom is -0.492 e. The van der Waals surface area contributed by atoms with Crippen molar-refractivity contribution in [2.75, 3.05) is 24.3 Å². The van der Waals surface area contributed by atoms with Crippen molar-refractivity contribution < 1.29 is 19.1 Å². The summed E-state index contributed by atoms with van der Waals surface area (Å²) in [4.78, 5) is 26.9. The number of anilines is 1. The number of benzene rings is 1. The number of thioether (sulfide) groups is 1. The normalized spacial score (nSPS) is 13.0. The molecular formula is C27H32Cl2N4O4S2. The van der Waals surface area contributed by atoms with Crippen LogP contribution in [0.15, 0.2) is 23.4 Å². The number of nitrogens with zero attached hydrogens (tertiary/aromatic N) is 3. The van der Waals surface area contributed by atoms with Crippen LogP contribution in [0.25, 0.3) is 0 Å². The van der Waals surface area contributed by atoms with E-state index in [9.17, 15) is 9.59 Å². The van der Waals surface area contributed by atoms with Crippen LogP contribution in [0.4, 0.5) is 5.00 Å². The van der Waals surface area contributed by atoms with Crippen LogP contribution in [0, 0.1) is 0 Å². The number of rotatable bonds is 12. The molecule has 8 nitrogen and oxygen atoms in total. The summed E-state index contributed by atoms with van der Waals surface area (Å²) in [7, 11) is 0. The first-order chi connectivity index (χ1) is 18.9. The predicted molar refractivity (Wildman–Crippen MR) is 157 cm³/mol. The van der Waals surface area contributed by atoms with Gasteiger partial charge in [-0.2, -0.15) is 0 Å². The number of amides is 1. The van der Waals surface area contributed by atoms with Crippen LogP contribution in [0.2, 0.25) is 10.0 Å². The molecule has 12 heteroatoms. The maximum atomic E-state index is 12.9. The number of ether oxygens (including phenoxy) is 2. The Hall–Kier alpha value is -2.27. The van der Waals surface area contributed by atoms with Gasteiger partial charge in [0.1, 0.15) is 16.6 Å². The third kappa shape index (κ3) is 7.68. The Balaban J connectivity index is 1.34. The maximum Gasteiger partial charge on any atom is 0.341 e. The van der Waals surface area contributed by atoms with Gasteiger partial charge in [0.2, 0.25) is 5.91 Å². The van der Waals surface area contributed by atoms with Crippen LogP contribution in [0.3, 0.4) is 0 Å². The number of fused-ring (bicyclic) bond motifs is 1. The van der Waals surface area contributed by atoms with Crippen molar-refractivity contribution in [1.82, 2.24) is 14.8 Å². The third-order valence-electron chi connectivity index (χ3n) is 6.29. The molecule has 2 aromatic heterocycles. The second-order valence-corrected chi connectivity index (χ2v) is 11.9. The average Bonchev–Trinajstić information content (AvgIpc) is 3.38. The number of esters is 1. The molecule has 0 saturated heterocycles. The molecule has 1 amide bonds. The molecule has 1 aliphatic rings. The predicted octanol–water partition coefficient (Wildman–Crippen LogP) is 6.85. The van der Waals surface area contributed by atoms with Crippen molar-refractivity contribution in [2.45, 2.75) is 70.5 Å². The summed E-state index contributed by atoms with van der Waals surface area (Å²) in [5.74, 6) is 1.02. The number of hydrogen-bond acceptors (Lipinski definition) is 8. The van der Waals surface area contributed by atoms with E-state index in [1.165, 1.54) is 28.0 Å². The zero-order chi connectivity index (χ0) is 27.8. The van der Waals surface area contributed by atoms with Crippen molar-refractivity contribution >= 4 is 63.2 Å². The van der Waals surface area contributed by atoms with Gasteiger partial charge in [-0.25, -0.2) is 4.79 Å². The third-order valence-corrected chi connectivity index (χ3v) is 9.00. The molecule has 0 saturated carbocycles. The molecule has 39 heavy (non-hydrogen) atoms. The number of thiophene rings is 1. The van der Waals surface area contributed by atoms with Gasteiger partial charge >= 0.3 is 5.97 Å². The molecule has 0 atom stereocenters. The fourth-order valence-corrected chi connectivity index (χ4v) is 7.05. The van der Waals surface area contributed by atoms with Gasteiger partial charge in [0.15, 0.2) is 5.16 Å². The van der Waals surface area contributed by atoms with Crippen LogP contribution in [0.5, 0.6) is 5.75 Å². The summed E-state index contributed by atoms with van der Waals surface area (Å²) >= 11 is 14.9. The van der Waals surface area contributed by atoms with Gasteiger partial charge in [-0.15, -0.1) is 21.5 Å². The molecular weight excluding hydrogens is 579 g/mol. The first kappa shape index (κ1) is 29.7. The highest BCUT2D eigenvalue weighted by Gasteiger charge is 2.26. The highest BCUT2D eigenvalue weighted by atomic mass is 35.5. The lowest BCUT2D eigenvalue weighted by molar-refractivity contribution is -0.113. The standard InChI is InChI=1S/C27H32Cl2N4O4S2/c1-3-33-22(11-8-14-37-20-13-12-17(28)15-19(20)29)31-32-27(33)38-16-23(34)30-25-24(26(35)36-4-2)18-9-6-5-7-10-21(18)39-25/h12-13,15H,3-11,14,16H2,1-2H3,(H,30,34). The molecule has 3 aromatic rings. The van der Waals surface area contributed by atoms with Crippen LogP contribution in [0.1, 0.15) is 66.2 Å². The Morgan fingerprint density at radius 1 is 1.15 bits per heavy atom. The van der Waals surface area contributed by atoms with E-state index in [-0.39, 0.29) is 17.6 Å². The summed E-state index contributed by atoms with van der Waals surface area (Å²) in [6, 6.07) is 5.14. The van der Waals surface area contributed by atoms with E-state index >= 15 is 0 Å². The zero-order valence-electron chi connectivity index (χ0n) is 22.1. The molecule has 1 aromatic carbocycles. The summed E-state index contributed by atoms with van der Waals surface area (Å²) in [5, 5.41) is 13.9. The number of aryl methyl sites for hydroxylation is 2. The lowest BCUT2D eigenvalue weighted by atomic mass is 10.1.